The molecule has 0 aliphatic carbocycles. The van der Waals surface area contributed by atoms with Gasteiger partial charge in [0.1, 0.15) is 0 Å². The smallest absolute Gasteiger partial charge is 0.305 e. The molecule has 0 aliphatic rings. The van der Waals surface area contributed by atoms with Gasteiger partial charge in [-0.15, -0.1) is 0 Å². The van der Waals surface area contributed by atoms with Crippen LogP contribution in [-0.2, 0) is 9.59 Å². The van der Waals surface area contributed by atoms with E-state index < -0.39 is 12.0 Å². The number of likely N-dealkylation sites (N-methyl/N-ethyl adjacent to an activating group) is 1. The highest BCUT2D eigenvalue weighted by molar-refractivity contribution is 5.85. The molecule has 0 aromatic heterocycles. The molecular formula is C9H18N2O3. The summed E-state index contributed by atoms with van der Waals surface area (Å²) in [5.74, 6) is -1.29. The summed E-state index contributed by atoms with van der Waals surface area (Å²) in [6.07, 6.45) is -0.211. The summed E-state index contributed by atoms with van der Waals surface area (Å²) >= 11 is 0. The van der Waals surface area contributed by atoms with Gasteiger partial charge in [-0.3, -0.25) is 9.59 Å². The number of carboxylic acids is 1. The average molecular weight is 202 g/mol. The fourth-order valence-corrected chi connectivity index (χ4v) is 1.08. The largest absolute Gasteiger partial charge is 0.481 e. The van der Waals surface area contributed by atoms with E-state index >= 15 is 0 Å². The molecule has 0 saturated heterocycles. The number of nitrogens with one attached hydrogen (secondary N) is 2. The molecule has 1 atom stereocenters. The van der Waals surface area contributed by atoms with Gasteiger partial charge in [0.25, 0.3) is 0 Å². The lowest BCUT2D eigenvalue weighted by molar-refractivity contribution is -0.140. The van der Waals surface area contributed by atoms with Crippen LogP contribution in [0.4, 0.5) is 0 Å². The fraction of sp³-hybridized carbons (Fsp3) is 0.778. The van der Waals surface area contributed by atoms with Crippen molar-refractivity contribution < 1.29 is 14.7 Å². The minimum absolute atomic E-state index is 0.211. The van der Waals surface area contributed by atoms with Crippen molar-refractivity contribution in [2.75, 3.05) is 7.05 Å². The van der Waals surface area contributed by atoms with E-state index in [1.165, 1.54) is 7.05 Å². The topological polar surface area (TPSA) is 78.4 Å². The number of carboxylic acid groups (broad SMARTS) is 1. The van der Waals surface area contributed by atoms with Gasteiger partial charge >= 0.3 is 5.97 Å². The van der Waals surface area contributed by atoms with Crippen LogP contribution in [0.25, 0.3) is 0 Å². The molecular weight excluding hydrogens is 184 g/mol. The Morgan fingerprint density at radius 1 is 1.36 bits per heavy atom. The zero-order chi connectivity index (χ0) is 11.4. The third kappa shape index (κ3) is 5.53. The van der Waals surface area contributed by atoms with E-state index in [0.29, 0.717) is 0 Å². The first kappa shape index (κ1) is 12.9. The summed E-state index contributed by atoms with van der Waals surface area (Å²) in [4.78, 5) is 21.8. The Kier molecular flexibility index (Phi) is 4.56. The van der Waals surface area contributed by atoms with Gasteiger partial charge in [-0.2, -0.15) is 0 Å². The summed E-state index contributed by atoms with van der Waals surface area (Å²) in [5, 5.41) is 14.0. The average Bonchev–Trinajstić information content (AvgIpc) is 1.98. The second-order valence-electron chi connectivity index (χ2n) is 4.16. The van der Waals surface area contributed by atoms with Crippen molar-refractivity contribution in [2.45, 2.75) is 38.8 Å². The number of hydrogen-bond acceptors (Lipinski definition) is 3. The molecule has 1 amide bonds. The van der Waals surface area contributed by atoms with Gasteiger partial charge in [0.2, 0.25) is 5.91 Å². The number of amides is 1. The summed E-state index contributed by atoms with van der Waals surface area (Å²) in [5.41, 5.74) is -0.285. The molecule has 1 unspecified atom stereocenters. The van der Waals surface area contributed by atoms with E-state index in [9.17, 15) is 9.59 Å². The first-order valence-corrected chi connectivity index (χ1v) is 4.47. The van der Waals surface area contributed by atoms with Crippen LogP contribution in [0.5, 0.6) is 0 Å². The number of aliphatic carboxylic acids is 1. The molecule has 0 bridgehead atoms. The quantitative estimate of drug-likeness (QED) is 0.598. The Bertz CT molecular complexity index is 221. The van der Waals surface area contributed by atoms with Gasteiger partial charge in [-0.1, -0.05) is 0 Å². The summed E-state index contributed by atoms with van der Waals surface area (Å²) < 4.78 is 0. The molecule has 3 N–H and O–H groups in total. The minimum atomic E-state index is -0.990. The summed E-state index contributed by atoms with van der Waals surface area (Å²) in [6, 6.07) is -0.683. The Morgan fingerprint density at radius 2 is 1.86 bits per heavy atom. The zero-order valence-corrected chi connectivity index (χ0v) is 9.05. The van der Waals surface area contributed by atoms with E-state index in [1.807, 2.05) is 20.8 Å². The van der Waals surface area contributed by atoms with Gasteiger partial charge in [-0.25, -0.2) is 0 Å². The molecule has 0 saturated carbocycles. The van der Waals surface area contributed by atoms with E-state index in [0.717, 1.165) is 0 Å². The lowest BCUT2D eigenvalue weighted by atomic mass is 10.1. The summed E-state index contributed by atoms with van der Waals surface area (Å²) in [7, 11) is 1.49. The first-order chi connectivity index (χ1) is 6.26. The fourth-order valence-electron chi connectivity index (χ4n) is 1.08. The standard InChI is InChI=1S/C9H18N2O3/c1-9(2,3)11-6(5-7(12)13)8(14)10-4/h6,11H,5H2,1-4H3,(H,10,14)(H,12,13). The van der Waals surface area contributed by atoms with Crippen LogP contribution in [0.15, 0.2) is 0 Å². The maximum absolute atomic E-state index is 11.3. The molecule has 0 aliphatic heterocycles. The number of hydrogen-bond donors (Lipinski definition) is 3. The van der Waals surface area contributed by atoms with E-state index in [-0.39, 0.29) is 17.9 Å². The predicted molar refractivity (Wildman–Crippen MR) is 53.0 cm³/mol. The molecule has 5 heteroatoms. The third-order valence-electron chi connectivity index (χ3n) is 1.55. The molecule has 0 aromatic rings. The molecule has 0 radical (unpaired) electrons. The lowest BCUT2D eigenvalue weighted by Gasteiger charge is -2.26. The van der Waals surface area contributed by atoms with Crippen molar-refractivity contribution in [3.63, 3.8) is 0 Å². The van der Waals surface area contributed by atoms with Crippen LogP contribution in [-0.4, -0.2) is 35.6 Å². The van der Waals surface area contributed by atoms with E-state index in [1.54, 1.807) is 0 Å². The summed E-state index contributed by atoms with van der Waals surface area (Å²) in [6.45, 7) is 5.64. The Morgan fingerprint density at radius 3 is 2.14 bits per heavy atom. The highest BCUT2D eigenvalue weighted by Gasteiger charge is 2.24. The van der Waals surface area contributed by atoms with Crippen molar-refractivity contribution in [3.05, 3.63) is 0 Å². The highest BCUT2D eigenvalue weighted by Crippen LogP contribution is 2.04. The molecule has 0 heterocycles. The van der Waals surface area contributed by atoms with E-state index in [2.05, 4.69) is 10.6 Å². The van der Waals surface area contributed by atoms with Crippen LogP contribution in [0.2, 0.25) is 0 Å². The second kappa shape index (κ2) is 4.95. The van der Waals surface area contributed by atoms with Crippen molar-refractivity contribution in [1.29, 1.82) is 0 Å². The third-order valence-corrected chi connectivity index (χ3v) is 1.55. The first-order valence-electron chi connectivity index (χ1n) is 4.47. The number of carbonyl (C=O) groups is 2. The Hall–Kier alpha value is -1.10. The van der Waals surface area contributed by atoms with Crippen LogP contribution >= 0.6 is 0 Å². The molecule has 0 fully saturated rings. The number of rotatable bonds is 4. The lowest BCUT2D eigenvalue weighted by Crippen LogP contribution is -2.51. The zero-order valence-electron chi connectivity index (χ0n) is 9.05. The maximum Gasteiger partial charge on any atom is 0.305 e. The highest BCUT2D eigenvalue weighted by atomic mass is 16.4. The molecule has 5 nitrogen and oxygen atoms in total. The SMILES string of the molecule is CNC(=O)C(CC(=O)O)NC(C)(C)C. The van der Waals surface area contributed by atoms with Crippen molar-refractivity contribution in [1.82, 2.24) is 10.6 Å². The monoisotopic (exact) mass is 202 g/mol. The van der Waals surface area contributed by atoms with Gasteiger partial charge in [0, 0.05) is 12.6 Å². The Balaban J connectivity index is 4.40. The van der Waals surface area contributed by atoms with Crippen molar-refractivity contribution in [3.8, 4) is 0 Å². The van der Waals surface area contributed by atoms with Crippen LogP contribution in [0.3, 0.4) is 0 Å². The van der Waals surface area contributed by atoms with Crippen LogP contribution in [0.1, 0.15) is 27.2 Å². The van der Waals surface area contributed by atoms with Gasteiger partial charge in [0.05, 0.1) is 12.5 Å². The predicted octanol–water partition coefficient (Wildman–Crippen LogP) is -0.0362. The normalized spacial score (nSPS) is 13.4. The van der Waals surface area contributed by atoms with Gasteiger partial charge in [0.15, 0.2) is 0 Å². The van der Waals surface area contributed by atoms with Gasteiger partial charge in [-0.05, 0) is 20.8 Å². The minimum Gasteiger partial charge on any atom is -0.481 e. The maximum atomic E-state index is 11.3. The van der Waals surface area contributed by atoms with Crippen LogP contribution < -0.4 is 10.6 Å². The van der Waals surface area contributed by atoms with E-state index in [4.69, 9.17) is 5.11 Å². The molecule has 0 spiro atoms. The number of carbonyl (C=O) groups excluding carboxylic acids is 1. The van der Waals surface area contributed by atoms with Crippen molar-refractivity contribution >= 4 is 11.9 Å². The molecule has 0 rings (SSSR count). The molecule has 82 valence electrons. The second-order valence-corrected chi connectivity index (χ2v) is 4.16. The Labute approximate surface area is 83.9 Å². The van der Waals surface area contributed by atoms with Crippen molar-refractivity contribution in [2.24, 2.45) is 0 Å². The van der Waals surface area contributed by atoms with Gasteiger partial charge < -0.3 is 15.7 Å². The van der Waals surface area contributed by atoms with Crippen LogP contribution in [0, 0.1) is 0 Å². The molecule has 0 aromatic carbocycles. The molecule has 14 heavy (non-hydrogen) atoms.